The van der Waals surface area contributed by atoms with Gasteiger partial charge in [-0.15, -0.1) is 0 Å². The number of aromatic nitrogens is 1. The second kappa shape index (κ2) is 9.18. The van der Waals surface area contributed by atoms with Crippen molar-refractivity contribution in [2.24, 2.45) is 0 Å². The van der Waals surface area contributed by atoms with Crippen LogP contribution in [0.3, 0.4) is 0 Å². The molecule has 2 aliphatic rings. The number of hydrogen-bond acceptors (Lipinski definition) is 6. The molecule has 1 aromatic carbocycles. The number of aromatic hydroxyl groups is 1. The highest BCUT2D eigenvalue weighted by atomic mass is 19.1. The Morgan fingerprint density at radius 2 is 2.09 bits per heavy atom. The van der Waals surface area contributed by atoms with Crippen LogP contribution in [0.25, 0.3) is 0 Å². The van der Waals surface area contributed by atoms with Crippen LogP contribution in [-0.2, 0) is 11.3 Å². The average molecular weight is 462 g/mol. The molecule has 0 saturated carbocycles. The lowest BCUT2D eigenvalue weighted by Crippen LogP contribution is -2.55. The fourth-order valence-electron chi connectivity index (χ4n) is 4.02. The maximum Gasteiger partial charge on any atom is 0.277 e. The zero-order valence-corrected chi connectivity index (χ0v) is 18.0. The lowest BCUT2D eigenvalue weighted by molar-refractivity contribution is 0.0459. The Morgan fingerprint density at radius 3 is 2.76 bits per heavy atom. The quantitative estimate of drug-likeness (QED) is 0.671. The van der Waals surface area contributed by atoms with Gasteiger partial charge in [0.1, 0.15) is 23.9 Å². The number of nitrogens with zero attached hydrogens (tertiary/aromatic N) is 3. The van der Waals surface area contributed by atoms with E-state index < -0.39 is 40.2 Å². The highest BCUT2D eigenvalue weighted by molar-refractivity contribution is 5.99. The first-order chi connectivity index (χ1) is 15.8. The molecule has 1 atom stereocenters. The van der Waals surface area contributed by atoms with Crippen molar-refractivity contribution in [3.63, 3.8) is 0 Å². The summed E-state index contributed by atoms with van der Waals surface area (Å²) in [7, 11) is 0. The summed E-state index contributed by atoms with van der Waals surface area (Å²) in [4.78, 5) is 40.0. The molecule has 4 rings (SSSR count). The maximum atomic E-state index is 13.8. The van der Waals surface area contributed by atoms with Gasteiger partial charge in [-0.25, -0.2) is 8.78 Å². The predicted molar refractivity (Wildman–Crippen MR) is 114 cm³/mol. The van der Waals surface area contributed by atoms with E-state index in [0.717, 1.165) is 18.9 Å². The van der Waals surface area contributed by atoms with Crippen LogP contribution in [0.5, 0.6) is 5.75 Å². The molecule has 0 radical (unpaired) electrons. The lowest BCUT2D eigenvalue weighted by atomic mass is 10.1. The van der Waals surface area contributed by atoms with Crippen LogP contribution in [0.1, 0.15) is 46.2 Å². The number of rotatable bonds is 6. The predicted octanol–water partition coefficient (Wildman–Crippen LogP) is 1.31. The van der Waals surface area contributed by atoms with Crippen molar-refractivity contribution in [3.8, 4) is 5.75 Å². The standard InChI is InChI=1S/C22H24F2N4O5/c1-2-27-12-26(10-15-4-3-7-33-15)22(32)18-20(30)19(29)16(11-28(18)27)21(31)25-9-13-5-6-14(23)8-17(13)24/h5-6,8,11,15,30H,2-4,7,9-10,12H2,1H3,(H,25,31)/t15-/m0/s1. The number of carbonyl (C=O) groups is 2. The van der Waals surface area contributed by atoms with Crippen LogP contribution >= 0.6 is 0 Å². The first kappa shape index (κ1) is 22.7. The van der Waals surface area contributed by atoms with E-state index in [2.05, 4.69) is 5.32 Å². The van der Waals surface area contributed by atoms with Gasteiger partial charge in [0.2, 0.25) is 5.43 Å². The van der Waals surface area contributed by atoms with Crippen LogP contribution < -0.4 is 15.8 Å². The van der Waals surface area contributed by atoms with E-state index in [0.29, 0.717) is 25.8 Å². The second-order valence-electron chi connectivity index (χ2n) is 7.96. The summed E-state index contributed by atoms with van der Waals surface area (Å²) in [5.41, 5.74) is -1.62. The van der Waals surface area contributed by atoms with Gasteiger partial charge in [-0.2, -0.15) is 0 Å². The number of benzene rings is 1. The molecule has 1 saturated heterocycles. The van der Waals surface area contributed by atoms with Crippen molar-refractivity contribution in [1.29, 1.82) is 0 Å². The van der Waals surface area contributed by atoms with Gasteiger partial charge in [-0.3, -0.25) is 24.1 Å². The number of ether oxygens (including phenoxy) is 1. The summed E-state index contributed by atoms with van der Waals surface area (Å²) in [5.74, 6) is -3.83. The lowest BCUT2D eigenvalue weighted by Gasteiger charge is -2.40. The van der Waals surface area contributed by atoms with Gasteiger partial charge in [0.15, 0.2) is 11.4 Å². The van der Waals surface area contributed by atoms with Gasteiger partial charge in [-0.05, 0) is 25.8 Å². The largest absolute Gasteiger partial charge is 0.502 e. The smallest absolute Gasteiger partial charge is 0.277 e. The number of fused-ring (bicyclic) bond motifs is 1. The summed E-state index contributed by atoms with van der Waals surface area (Å²) in [6.45, 7) is 3.10. The number of amides is 2. The number of carbonyl (C=O) groups excluding carboxylic acids is 2. The molecule has 0 unspecified atom stereocenters. The third kappa shape index (κ3) is 4.40. The van der Waals surface area contributed by atoms with Crippen LogP contribution in [0.2, 0.25) is 0 Å². The first-order valence-corrected chi connectivity index (χ1v) is 10.7. The molecule has 2 aliphatic heterocycles. The normalized spacial score (nSPS) is 17.9. The molecule has 0 bridgehead atoms. The monoisotopic (exact) mass is 462 g/mol. The van der Waals surface area contributed by atoms with Gasteiger partial charge >= 0.3 is 0 Å². The van der Waals surface area contributed by atoms with Crippen LogP contribution in [0.15, 0.2) is 29.2 Å². The highest BCUT2D eigenvalue weighted by Gasteiger charge is 2.35. The van der Waals surface area contributed by atoms with E-state index in [1.807, 2.05) is 6.92 Å². The molecule has 2 N–H and O–H groups in total. The van der Waals surface area contributed by atoms with E-state index in [-0.39, 0.29) is 30.6 Å². The van der Waals surface area contributed by atoms with Crippen molar-refractivity contribution in [2.75, 3.05) is 31.4 Å². The minimum Gasteiger partial charge on any atom is -0.502 e. The van der Waals surface area contributed by atoms with Gasteiger partial charge in [-0.1, -0.05) is 6.07 Å². The molecular formula is C22H24F2N4O5. The molecule has 9 nitrogen and oxygen atoms in total. The minimum absolute atomic E-state index is 0.0298. The summed E-state index contributed by atoms with van der Waals surface area (Å²) in [5, 5.41) is 14.7. The van der Waals surface area contributed by atoms with Crippen molar-refractivity contribution in [2.45, 2.75) is 32.4 Å². The van der Waals surface area contributed by atoms with Crippen molar-refractivity contribution in [1.82, 2.24) is 14.9 Å². The summed E-state index contributed by atoms with van der Waals surface area (Å²) < 4.78 is 33.8. The number of pyridine rings is 1. The Balaban J connectivity index is 1.60. The Labute approximate surface area is 188 Å². The molecule has 1 fully saturated rings. The Bertz CT molecular complexity index is 1150. The summed E-state index contributed by atoms with van der Waals surface area (Å²) >= 11 is 0. The van der Waals surface area contributed by atoms with Crippen molar-refractivity contribution >= 4 is 11.8 Å². The number of nitrogens with one attached hydrogen (secondary N) is 1. The molecule has 33 heavy (non-hydrogen) atoms. The molecular weight excluding hydrogens is 438 g/mol. The Hall–Kier alpha value is -3.47. The molecule has 0 aliphatic carbocycles. The zero-order chi connectivity index (χ0) is 23.7. The fourth-order valence-corrected chi connectivity index (χ4v) is 4.02. The van der Waals surface area contributed by atoms with Gasteiger partial charge < -0.3 is 20.1 Å². The molecule has 11 heteroatoms. The minimum atomic E-state index is -1.01. The van der Waals surface area contributed by atoms with Crippen LogP contribution in [0, 0.1) is 11.6 Å². The number of halogens is 2. The SMILES string of the molecule is CCN1CN(C[C@@H]2CCCO2)C(=O)c2c(O)c(=O)c(C(=O)NCc3ccc(F)cc3F)cn21. The Morgan fingerprint density at radius 1 is 1.30 bits per heavy atom. The van der Waals surface area contributed by atoms with Gasteiger partial charge in [0, 0.05) is 44.1 Å². The summed E-state index contributed by atoms with van der Waals surface area (Å²) in [6, 6.07) is 2.92. The van der Waals surface area contributed by atoms with Crippen LogP contribution in [-0.4, -0.2) is 59.0 Å². The molecule has 0 spiro atoms. The summed E-state index contributed by atoms with van der Waals surface area (Å²) in [6.07, 6.45) is 2.82. The van der Waals surface area contributed by atoms with Gasteiger partial charge in [0.05, 0.1) is 6.10 Å². The fraction of sp³-hybridized carbons (Fsp3) is 0.409. The molecule has 1 aromatic heterocycles. The topological polar surface area (TPSA) is 104 Å². The molecule has 176 valence electrons. The van der Waals surface area contributed by atoms with E-state index in [9.17, 15) is 28.3 Å². The van der Waals surface area contributed by atoms with E-state index in [1.165, 1.54) is 21.8 Å². The van der Waals surface area contributed by atoms with E-state index in [4.69, 9.17) is 4.74 Å². The average Bonchev–Trinajstić information content (AvgIpc) is 3.30. The molecule has 3 heterocycles. The molecule has 2 aromatic rings. The second-order valence-corrected chi connectivity index (χ2v) is 7.96. The van der Waals surface area contributed by atoms with E-state index >= 15 is 0 Å². The maximum absolute atomic E-state index is 13.8. The van der Waals surface area contributed by atoms with Gasteiger partial charge in [0.25, 0.3) is 11.8 Å². The third-order valence-corrected chi connectivity index (χ3v) is 5.81. The van der Waals surface area contributed by atoms with Crippen molar-refractivity contribution < 1.29 is 28.2 Å². The van der Waals surface area contributed by atoms with E-state index in [1.54, 1.807) is 5.01 Å². The first-order valence-electron chi connectivity index (χ1n) is 10.7. The molecule has 2 amide bonds. The van der Waals surface area contributed by atoms with Crippen molar-refractivity contribution in [3.05, 3.63) is 63.1 Å². The Kier molecular flexibility index (Phi) is 6.32. The van der Waals surface area contributed by atoms with Crippen LogP contribution in [0.4, 0.5) is 8.78 Å². The highest BCUT2D eigenvalue weighted by Crippen LogP contribution is 2.23. The third-order valence-electron chi connectivity index (χ3n) is 5.81. The zero-order valence-electron chi connectivity index (χ0n) is 18.0. The number of hydrogen-bond donors (Lipinski definition) is 2.